The number of carboxylic acids is 1. The fourth-order valence-corrected chi connectivity index (χ4v) is 2.33. The van der Waals surface area contributed by atoms with Gasteiger partial charge in [0.05, 0.1) is 11.5 Å². The maximum atomic E-state index is 11.5. The van der Waals surface area contributed by atoms with E-state index < -0.39 is 24.2 Å². The van der Waals surface area contributed by atoms with E-state index in [0.717, 1.165) is 25.7 Å². The molecule has 132 valence electrons. The average Bonchev–Trinajstić information content (AvgIpc) is 3.18. The van der Waals surface area contributed by atoms with Gasteiger partial charge in [0, 0.05) is 25.0 Å². The van der Waals surface area contributed by atoms with Crippen molar-refractivity contribution in [1.82, 2.24) is 0 Å². The Hall–Kier alpha value is -2.32. The molecule has 0 saturated carbocycles. The summed E-state index contributed by atoms with van der Waals surface area (Å²) >= 11 is 0. The van der Waals surface area contributed by atoms with E-state index in [4.69, 9.17) is 14.6 Å². The molecule has 0 saturated heterocycles. The Morgan fingerprint density at radius 2 is 1.62 bits per heavy atom. The Labute approximate surface area is 138 Å². The lowest BCUT2D eigenvalue weighted by atomic mass is 10.3. The normalized spacial score (nSPS) is 18.9. The standard InChI is InChI=1S/C16H20O8/c17-13(18)9-10-14(19)22-15(20)16(21,23-11-5-1-2-6-11)24-12-7-3-4-8-12/h5,7,9-10,15,20-21H,1-4,6,8H2,(H,17,18)/b10-9-. The van der Waals surface area contributed by atoms with Crippen LogP contribution in [0, 0.1) is 0 Å². The molecule has 0 amide bonds. The molecule has 0 radical (unpaired) electrons. The summed E-state index contributed by atoms with van der Waals surface area (Å²) in [5.41, 5.74) is 0. The maximum absolute atomic E-state index is 11.5. The number of allylic oxidation sites excluding steroid dienone is 4. The Kier molecular flexibility index (Phi) is 5.99. The summed E-state index contributed by atoms with van der Waals surface area (Å²) in [4.78, 5) is 21.9. The molecule has 2 aliphatic rings. The Morgan fingerprint density at radius 1 is 1.08 bits per heavy atom. The highest BCUT2D eigenvalue weighted by Gasteiger charge is 2.46. The zero-order valence-electron chi connectivity index (χ0n) is 13.0. The molecule has 0 aromatic rings. The third kappa shape index (κ3) is 5.10. The van der Waals surface area contributed by atoms with Crippen molar-refractivity contribution in [3.05, 3.63) is 35.8 Å². The Bertz CT molecular complexity index is 549. The SMILES string of the molecule is O=C(O)/C=C\C(=O)OC(O)C(O)(OC1=CCCC1)OC1=CCCC1. The molecule has 1 unspecified atom stereocenters. The van der Waals surface area contributed by atoms with Gasteiger partial charge in [-0.25, -0.2) is 9.59 Å². The van der Waals surface area contributed by atoms with Crippen LogP contribution in [0.3, 0.4) is 0 Å². The predicted molar refractivity (Wildman–Crippen MR) is 79.9 cm³/mol. The summed E-state index contributed by atoms with van der Waals surface area (Å²) in [7, 11) is 0. The van der Waals surface area contributed by atoms with Crippen LogP contribution in [0.25, 0.3) is 0 Å². The molecule has 0 heterocycles. The highest BCUT2D eigenvalue weighted by molar-refractivity contribution is 5.90. The Balaban J connectivity index is 2.07. The number of aliphatic hydroxyl groups excluding tert-OH is 1. The molecule has 0 fully saturated rings. The van der Waals surface area contributed by atoms with Crippen LogP contribution in [0.4, 0.5) is 0 Å². The van der Waals surface area contributed by atoms with Crippen LogP contribution in [0.15, 0.2) is 35.8 Å². The molecule has 8 nitrogen and oxygen atoms in total. The average molecular weight is 340 g/mol. The quantitative estimate of drug-likeness (QED) is 0.343. The number of rotatable bonds is 8. The highest BCUT2D eigenvalue weighted by atomic mass is 16.9. The molecule has 0 aromatic carbocycles. The first-order valence-electron chi connectivity index (χ1n) is 7.67. The number of hydrogen-bond donors (Lipinski definition) is 3. The number of carboxylic acid groups (broad SMARTS) is 1. The first-order valence-corrected chi connectivity index (χ1v) is 7.67. The van der Waals surface area contributed by atoms with Crippen molar-refractivity contribution in [2.24, 2.45) is 0 Å². The number of aliphatic hydroxyl groups is 2. The number of hydrogen-bond acceptors (Lipinski definition) is 7. The minimum absolute atomic E-state index is 0.423. The number of aliphatic carboxylic acids is 1. The van der Waals surface area contributed by atoms with Crippen molar-refractivity contribution in [2.45, 2.75) is 50.8 Å². The van der Waals surface area contributed by atoms with Gasteiger partial charge >= 0.3 is 24.2 Å². The van der Waals surface area contributed by atoms with Gasteiger partial charge < -0.3 is 29.5 Å². The zero-order valence-corrected chi connectivity index (χ0v) is 13.0. The zero-order chi connectivity index (χ0) is 17.6. The monoisotopic (exact) mass is 340 g/mol. The third-order valence-corrected chi connectivity index (χ3v) is 3.46. The van der Waals surface area contributed by atoms with Gasteiger partial charge in [-0.1, -0.05) is 0 Å². The molecule has 0 aliphatic heterocycles. The van der Waals surface area contributed by atoms with Crippen LogP contribution in [-0.4, -0.2) is 39.5 Å². The summed E-state index contributed by atoms with van der Waals surface area (Å²) in [6, 6.07) is 0. The van der Waals surface area contributed by atoms with Crippen molar-refractivity contribution < 1.29 is 39.1 Å². The van der Waals surface area contributed by atoms with E-state index in [9.17, 15) is 19.8 Å². The van der Waals surface area contributed by atoms with Gasteiger partial charge in [0.2, 0.25) is 0 Å². The smallest absolute Gasteiger partial charge is 0.435 e. The van der Waals surface area contributed by atoms with E-state index in [1.807, 2.05) is 0 Å². The lowest BCUT2D eigenvalue weighted by Gasteiger charge is -2.32. The number of carbonyl (C=O) groups excluding carboxylic acids is 1. The molecule has 2 rings (SSSR count). The fraction of sp³-hybridized carbons (Fsp3) is 0.500. The van der Waals surface area contributed by atoms with E-state index >= 15 is 0 Å². The van der Waals surface area contributed by atoms with Gasteiger partial charge in [0.1, 0.15) is 0 Å². The molecule has 3 N–H and O–H groups in total. The van der Waals surface area contributed by atoms with Crippen molar-refractivity contribution >= 4 is 11.9 Å². The van der Waals surface area contributed by atoms with Crippen LogP contribution in [0.5, 0.6) is 0 Å². The molecule has 2 aliphatic carbocycles. The second kappa shape index (κ2) is 7.98. The fourth-order valence-electron chi connectivity index (χ4n) is 2.33. The number of esters is 1. The second-order valence-corrected chi connectivity index (χ2v) is 5.42. The van der Waals surface area contributed by atoms with Crippen LogP contribution in [0.1, 0.15) is 38.5 Å². The first kappa shape index (κ1) is 18.0. The van der Waals surface area contributed by atoms with E-state index in [-0.39, 0.29) is 0 Å². The minimum atomic E-state index is -2.60. The summed E-state index contributed by atoms with van der Waals surface area (Å²) < 4.78 is 15.3. The molecule has 8 heteroatoms. The van der Waals surface area contributed by atoms with E-state index in [1.165, 1.54) is 0 Å². The van der Waals surface area contributed by atoms with E-state index in [1.54, 1.807) is 12.2 Å². The van der Waals surface area contributed by atoms with E-state index in [2.05, 4.69) is 4.74 Å². The largest absolute Gasteiger partial charge is 0.478 e. The van der Waals surface area contributed by atoms with E-state index in [0.29, 0.717) is 36.5 Å². The van der Waals surface area contributed by atoms with Gasteiger partial charge in [0.15, 0.2) is 0 Å². The van der Waals surface area contributed by atoms with Gasteiger partial charge in [-0.05, 0) is 37.8 Å². The number of ether oxygens (including phenoxy) is 3. The van der Waals surface area contributed by atoms with Crippen molar-refractivity contribution in [2.75, 3.05) is 0 Å². The predicted octanol–water partition coefficient (Wildman–Crippen LogP) is 1.30. The molecule has 0 aromatic heterocycles. The molecule has 1 atom stereocenters. The topological polar surface area (TPSA) is 123 Å². The van der Waals surface area contributed by atoms with Crippen LogP contribution in [-0.2, 0) is 23.8 Å². The Morgan fingerprint density at radius 3 is 2.04 bits per heavy atom. The third-order valence-electron chi connectivity index (χ3n) is 3.46. The van der Waals surface area contributed by atoms with Crippen molar-refractivity contribution in [3.8, 4) is 0 Å². The molecule has 0 bridgehead atoms. The summed E-state index contributed by atoms with van der Waals surface area (Å²) in [6.07, 6.45) is 6.82. The molecular formula is C16H20O8. The minimum Gasteiger partial charge on any atom is -0.478 e. The summed E-state index contributed by atoms with van der Waals surface area (Å²) in [6.45, 7) is 0. The number of carbonyl (C=O) groups is 2. The molecular weight excluding hydrogens is 320 g/mol. The maximum Gasteiger partial charge on any atom is 0.435 e. The lowest BCUT2D eigenvalue weighted by molar-refractivity contribution is -0.407. The van der Waals surface area contributed by atoms with Gasteiger partial charge in [-0.2, -0.15) is 0 Å². The molecule has 0 spiro atoms. The van der Waals surface area contributed by atoms with Gasteiger partial charge in [-0.3, -0.25) is 0 Å². The first-order chi connectivity index (χ1) is 11.4. The van der Waals surface area contributed by atoms with Crippen LogP contribution >= 0.6 is 0 Å². The summed E-state index contributed by atoms with van der Waals surface area (Å²) in [5.74, 6) is -4.26. The highest BCUT2D eigenvalue weighted by Crippen LogP contribution is 2.31. The second-order valence-electron chi connectivity index (χ2n) is 5.42. The lowest BCUT2D eigenvalue weighted by Crippen LogP contribution is -2.49. The van der Waals surface area contributed by atoms with Crippen molar-refractivity contribution in [1.29, 1.82) is 0 Å². The van der Waals surface area contributed by atoms with Crippen LogP contribution in [0.2, 0.25) is 0 Å². The van der Waals surface area contributed by atoms with Crippen molar-refractivity contribution in [3.63, 3.8) is 0 Å². The summed E-state index contributed by atoms with van der Waals surface area (Å²) in [5, 5.41) is 29.0. The molecule has 24 heavy (non-hydrogen) atoms. The van der Waals surface area contributed by atoms with Gasteiger partial charge in [0.25, 0.3) is 0 Å². The van der Waals surface area contributed by atoms with Gasteiger partial charge in [-0.15, -0.1) is 0 Å². The van der Waals surface area contributed by atoms with Crippen LogP contribution < -0.4 is 0 Å².